The molecule has 7 nitrogen and oxygen atoms in total. The largest absolute Gasteiger partial charge is 0.352 e. The minimum atomic E-state index is -0.114. The first-order valence-electron chi connectivity index (χ1n) is 7.83. The van der Waals surface area contributed by atoms with Crippen LogP contribution in [0, 0.1) is 0 Å². The molecule has 24 heavy (non-hydrogen) atoms. The molecule has 0 fully saturated rings. The topological polar surface area (TPSA) is 96.7 Å². The van der Waals surface area contributed by atoms with Gasteiger partial charge in [-0.15, -0.1) is 0 Å². The van der Waals surface area contributed by atoms with Crippen LogP contribution in [0.5, 0.6) is 0 Å². The zero-order chi connectivity index (χ0) is 16.9. The van der Waals surface area contributed by atoms with E-state index in [1.54, 1.807) is 24.7 Å². The van der Waals surface area contributed by atoms with Crippen molar-refractivity contribution in [2.24, 2.45) is 0 Å². The highest BCUT2D eigenvalue weighted by molar-refractivity contribution is 5.94. The fourth-order valence-electron chi connectivity index (χ4n) is 2.19. The predicted octanol–water partition coefficient (Wildman–Crippen LogP) is 2.56. The average molecular weight is 325 g/mol. The molecule has 2 N–H and O–H groups in total. The van der Waals surface area contributed by atoms with Crippen LogP contribution in [0.1, 0.15) is 41.7 Å². The highest BCUT2D eigenvalue weighted by atomic mass is 16.5. The molecule has 1 amide bonds. The molecule has 2 aromatic heterocycles. The fourth-order valence-corrected chi connectivity index (χ4v) is 2.19. The highest BCUT2D eigenvalue weighted by Gasteiger charge is 2.12. The molecule has 0 radical (unpaired) electrons. The van der Waals surface area contributed by atoms with Crippen molar-refractivity contribution in [2.45, 2.75) is 26.2 Å². The first-order valence-corrected chi connectivity index (χ1v) is 7.83. The second-order valence-corrected chi connectivity index (χ2v) is 5.77. The number of amides is 1. The van der Waals surface area contributed by atoms with Gasteiger partial charge in [0.25, 0.3) is 5.91 Å². The third-order valence-electron chi connectivity index (χ3n) is 3.58. The van der Waals surface area contributed by atoms with Crippen LogP contribution in [0.4, 0.5) is 0 Å². The number of aromatic nitrogens is 4. The molecule has 0 bridgehead atoms. The van der Waals surface area contributed by atoms with Crippen LogP contribution in [0.2, 0.25) is 0 Å². The summed E-state index contributed by atoms with van der Waals surface area (Å²) in [6.45, 7) is 4.54. The predicted molar refractivity (Wildman–Crippen MR) is 88.4 cm³/mol. The van der Waals surface area contributed by atoms with E-state index in [9.17, 15) is 4.79 Å². The number of rotatable bonds is 6. The summed E-state index contributed by atoms with van der Waals surface area (Å²) in [5.74, 6) is 1.21. The number of nitrogens with one attached hydrogen (secondary N) is 2. The summed E-state index contributed by atoms with van der Waals surface area (Å²) in [5.41, 5.74) is 2.40. The Morgan fingerprint density at radius 1 is 1.29 bits per heavy atom. The summed E-state index contributed by atoms with van der Waals surface area (Å²) in [6, 6.07) is 7.15. The van der Waals surface area contributed by atoms with Crippen LogP contribution in [0.3, 0.4) is 0 Å². The molecule has 1 aromatic carbocycles. The number of hydrogen-bond donors (Lipinski definition) is 2. The van der Waals surface area contributed by atoms with Gasteiger partial charge in [0.15, 0.2) is 0 Å². The molecule has 0 unspecified atom stereocenters. The lowest BCUT2D eigenvalue weighted by Crippen LogP contribution is -2.25. The van der Waals surface area contributed by atoms with E-state index < -0.39 is 0 Å². The second kappa shape index (κ2) is 7.08. The third kappa shape index (κ3) is 3.68. The van der Waals surface area contributed by atoms with Crippen LogP contribution >= 0.6 is 0 Å². The van der Waals surface area contributed by atoms with Crippen molar-refractivity contribution in [1.29, 1.82) is 0 Å². The molecular weight excluding hydrogens is 306 g/mol. The Balaban J connectivity index is 1.59. The molecule has 0 saturated heterocycles. The quantitative estimate of drug-likeness (QED) is 0.726. The Kier molecular flexibility index (Phi) is 4.69. The SMILES string of the molecule is CC(C)c1nc(-c2ccc(C(=O)NCCc3cnc[nH]3)cc2)no1. The van der Waals surface area contributed by atoms with Crippen molar-refractivity contribution in [3.05, 3.63) is 53.9 Å². The number of carbonyl (C=O) groups excluding carboxylic acids is 1. The first-order chi connectivity index (χ1) is 11.6. The van der Waals surface area contributed by atoms with E-state index in [0.717, 1.165) is 11.3 Å². The molecule has 124 valence electrons. The molecule has 0 atom stereocenters. The summed E-state index contributed by atoms with van der Waals surface area (Å²) < 4.78 is 5.20. The van der Waals surface area contributed by atoms with Crippen LogP contribution in [-0.2, 0) is 6.42 Å². The van der Waals surface area contributed by atoms with Crippen LogP contribution in [-0.4, -0.2) is 32.6 Å². The van der Waals surface area contributed by atoms with Gasteiger partial charge in [0.05, 0.1) is 6.33 Å². The van der Waals surface area contributed by atoms with Gasteiger partial charge in [-0.25, -0.2) is 4.98 Å². The Hall–Kier alpha value is -2.96. The van der Waals surface area contributed by atoms with Gasteiger partial charge in [0.1, 0.15) is 0 Å². The van der Waals surface area contributed by atoms with Crippen LogP contribution < -0.4 is 5.32 Å². The second-order valence-electron chi connectivity index (χ2n) is 5.77. The van der Waals surface area contributed by atoms with Gasteiger partial charge in [-0.2, -0.15) is 4.98 Å². The third-order valence-corrected chi connectivity index (χ3v) is 3.58. The standard InChI is InChI=1S/C17H19N5O2/c1-11(2)17-21-15(22-24-17)12-3-5-13(6-4-12)16(23)19-8-7-14-9-18-10-20-14/h3-6,9-11H,7-8H2,1-2H3,(H,18,20)(H,19,23). The number of benzene rings is 1. The maximum absolute atomic E-state index is 12.1. The van der Waals surface area contributed by atoms with Crippen LogP contribution in [0.25, 0.3) is 11.4 Å². The van der Waals surface area contributed by atoms with Gasteiger partial charge >= 0.3 is 0 Å². The van der Waals surface area contributed by atoms with Crippen molar-refractivity contribution in [3.63, 3.8) is 0 Å². The van der Waals surface area contributed by atoms with Crippen molar-refractivity contribution in [2.75, 3.05) is 6.54 Å². The summed E-state index contributed by atoms with van der Waals surface area (Å²) in [7, 11) is 0. The minimum Gasteiger partial charge on any atom is -0.352 e. The number of carbonyl (C=O) groups is 1. The monoisotopic (exact) mass is 325 g/mol. The van der Waals surface area contributed by atoms with E-state index in [0.29, 0.717) is 30.2 Å². The van der Waals surface area contributed by atoms with E-state index >= 15 is 0 Å². The number of H-pyrrole nitrogens is 1. The summed E-state index contributed by atoms with van der Waals surface area (Å²) >= 11 is 0. The van der Waals surface area contributed by atoms with E-state index in [1.807, 2.05) is 26.0 Å². The van der Waals surface area contributed by atoms with Crippen molar-refractivity contribution < 1.29 is 9.32 Å². The zero-order valence-corrected chi connectivity index (χ0v) is 13.6. The lowest BCUT2D eigenvalue weighted by Gasteiger charge is -2.04. The molecule has 3 rings (SSSR count). The van der Waals surface area contributed by atoms with E-state index in [-0.39, 0.29) is 11.8 Å². The maximum Gasteiger partial charge on any atom is 0.251 e. The molecule has 0 aliphatic heterocycles. The van der Waals surface area contributed by atoms with Gasteiger partial charge < -0.3 is 14.8 Å². The summed E-state index contributed by atoms with van der Waals surface area (Å²) in [5, 5.41) is 6.84. The van der Waals surface area contributed by atoms with Crippen LogP contribution in [0.15, 0.2) is 41.3 Å². The van der Waals surface area contributed by atoms with E-state index in [4.69, 9.17) is 4.52 Å². The first kappa shape index (κ1) is 15.9. The Bertz CT molecular complexity index is 791. The minimum absolute atomic E-state index is 0.114. The molecular formula is C17H19N5O2. The number of aromatic amines is 1. The molecule has 0 aliphatic carbocycles. The normalized spacial score (nSPS) is 11.0. The Labute approximate surface area is 139 Å². The molecule has 0 spiro atoms. The van der Waals surface area contributed by atoms with E-state index in [1.165, 1.54) is 0 Å². The molecule has 3 aromatic rings. The lowest BCUT2D eigenvalue weighted by molar-refractivity contribution is 0.0954. The molecule has 7 heteroatoms. The van der Waals surface area contributed by atoms with Crippen molar-refractivity contribution in [1.82, 2.24) is 25.4 Å². The Morgan fingerprint density at radius 3 is 2.71 bits per heavy atom. The average Bonchev–Trinajstić information content (AvgIpc) is 3.26. The highest BCUT2D eigenvalue weighted by Crippen LogP contribution is 2.19. The van der Waals surface area contributed by atoms with Gasteiger partial charge in [-0.05, 0) is 12.1 Å². The smallest absolute Gasteiger partial charge is 0.251 e. The number of imidazole rings is 1. The fraction of sp³-hybridized carbons (Fsp3) is 0.294. The Morgan fingerprint density at radius 2 is 2.08 bits per heavy atom. The lowest BCUT2D eigenvalue weighted by atomic mass is 10.1. The maximum atomic E-state index is 12.1. The van der Waals surface area contributed by atoms with Crippen molar-refractivity contribution in [3.8, 4) is 11.4 Å². The summed E-state index contributed by atoms with van der Waals surface area (Å²) in [4.78, 5) is 23.4. The summed E-state index contributed by atoms with van der Waals surface area (Å²) in [6.07, 6.45) is 4.08. The van der Waals surface area contributed by atoms with Gasteiger partial charge in [0.2, 0.25) is 11.7 Å². The molecule has 2 heterocycles. The zero-order valence-electron chi connectivity index (χ0n) is 13.6. The molecule has 0 saturated carbocycles. The van der Waals surface area contributed by atoms with E-state index in [2.05, 4.69) is 25.4 Å². The van der Waals surface area contributed by atoms with Gasteiger partial charge in [0, 0.05) is 41.9 Å². The van der Waals surface area contributed by atoms with Gasteiger partial charge in [-0.1, -0.05) is 31.1 Å². The number of nitrogens with zero attached hydrogens (tertiary/aromatic N) is 3. The molecule has 0 aliphatic rings. The number of hydrogen-bond acceptors (Lipinski definition) is 5. The van der Waals surface area contributed by atoms with Crippen molar-refractivity contribution >= 4 is 5.91 Å². The van der Waals surface area contributed by atoms with Gasteiger partial charge in [-0.3, -0.25) is 4.79 Å².